The van der Waals surface area contributed by atoms with Crippen LogP contribution in [0.1, 0.15) is 61.9 Å². The van der Waals surface area contributed by atoms with Crippen LogP contribution in [0.2, 0.25) is 0 Å². The third-order valence-electron chi connectivity index (χ3n) is 2.68. The van der Waals surface area contributed by atoms with E-state index < -0.39 is 17.4 Å². The second-order valence-electron chi connectivity index (χ2n) is 6.78. The SMILES string of the molecule is CC(C)(C)CC(C)(C)NC(=O)c1ncccc1C(=O)O. The number of carboxylic acid groups (broad SMARTS) is 1. The van der Waals surface area contributed by atoms with Crippen molar-refractivity contribution in [2.24, 2.45) is 5.41 Å². The van der Waals surface area contributed by atoms with Gasteiger partial charge in [-0.3, -0.25) is 9.78 Å². The van der Waals surface area contributed by atoms with E-state index in [1.807, 2.05) is 13.8 Å². The Labute approximate surface area is 119 Å². The highest BCUT2D eigenvalue weighted by Gasteiger charge is 2.29. The van der Waals surface area contributed by atoms with Crippen molar-refractivity contribution in [2.45, 2.75) is 46.6 Å². The number of hydrogen-bond donors (Lipinski definition) is 2. The number of nitrogens with zero attached hydrogens (tertiary/aromatic N) is 1. The standard InChI is InChI=1S/C15H22N2O3/c1-14(2,3)9-15(4,5)17-12(18)11-10(13(19)20)7-6-8-16-11/h6-8H,9H2,1-5H3,(H,17,18)(H,19,20). The number of aromatic nitrogens is 1. The first-order valence-corrected chi connectivity index (χ1v) is 6.53. The lowest BCUT2D eigenvalue weighted by atomic mass is 9.81. The lowest BCUT2D eigenvalue weighted by molar-refractivity contribution is 0.0687. The van der Waals surface area contributed by atoms with Gasteiger partial charge in [0.2, 0.25) is 0 Å². The zero-order valence-electron chi connectivity index (χ0n) is 12.7. The molecule has 0 saturated carbocycles. The smallest absolute Gasteiger partial charge is 0.338 e. The Morgan fingerprint density at radius 2 is 1.85 bits per heavy atom. The molecule has 0 aliphatic heterocycles. The molecule has 1 rings (SSSR count). The molecule has 20 heavy (non-hydrogen) atoms. The monoisotopic (exact) mass is 278 g/mol. The fourth-order valence-electron chi connectivity index (χ4n) is 2.50. The summed E-state index contributed by atoms with van der Waals surface area (Å²) in [7, 11) is 0. The quantitative estimate of drug-likeness (QED) is 0.887. The van der Waals surface area contributed by atoms with Gasteiger partial charge in [0, 0.05) is 11.7 Å². The molecule has 1 aromatic heterocycles. The van der Waals surface area contributed by atoms with E-state index in [0.717, 1.165) is 6.42 Å². The molecule has 1 amide bonds. The highest BCUT2D eigenvalue weighted by atomic mass is 16.4. The molecule has 5 nitrogen and oxygen atoms in total. The normalized spacial score (nSPS) is 12.1. The van der Waals surface area contributed by atoms with Gasteiger partial charge in [-0.05, 0) is 37.8 Å². The molecule has 1 heterocycles. The topological polar surface area (TPSA) is 79.3 Å². The van der Waals surface area contributed by atoms with Crippen LogP contribution in [0.25, 0.3) is 0 Å². The van der Waals surface area contributed by atoms with Gasteiger partial charge in [0.15, 0.2) is 0 Å². The van der Waals surface area contributed by atoms with E-state index in [9.17, 15) is 9.59 Å². The van der Waals surface area contributed by atoms with Crippen LogP contribution in [0.3, 0.4) is 0 Å². The molecule has 0 unspecified atom stereocenters. The summed E-state index contributed by atoms with van der Waals surface area (Å²) in [4.78, 5) is 27.2. The minimum atomic E-state index is -1.16. The Morgan fingerprint density at radius 1 is 1.25 bits per heavy atom. The molecular formula is C15H22N2O3. The molecule has 0 radical (unpaired) electrons. The summed E-state index contributed by atoms with van der Waals surface area (Å²) in [6.07, 6.45) is 2.18. The number of pyridine rings is 1. The van der Waals surface area contributed by atoms with Crippen LogP contribution in [0.4, 0.5) is 0 Å². The largest absolute Gasteiger partial charge is 0.478 e. The van der Waals surface area contributed by atoms with Crippen molar-refractivity contribution in [1.29, 1.82) is 0 Å². The molecule has 0 saturated heterocycles. The number of carbonyl (C=O) groups is 2. The van der Waals surface area contributed by atoms with Crippen molar-refractivity contribution in [2.75, 3.05) is 0 Å². The van der Waals surface area contributed by atoms with Gasteiger partial charge in [0.25, 0.3) is 5.91 Å². The third kappa shape index (κ3) is 4.64. The van der Waals surface area contributed by atoms with Crippen molar-refractivity contribution in [3.05, 3.63) is 29.6 Å². The molecular weight excluding hydrogens is 256 g/mol. The summed E-state index contributed by atoms with van der Waals surface area (Å²) in [6, 6.07) is 2.88. The van der Waals surface area contributed by atoms with Gasteiger partial charge in [-0.25, -0.2) is 4.79 Å². The molecule has 5 heteroatoms. The van der Waals surface area contributed by atoms with Gasteiger partial charge in [-0.1, -0.05) is 20.8 Å². The van der Waals surface area contributed by atoms with E-state index in [1.165, 1.54) is 18.3 Å². The summed E-state index contributed by atoms with van der Waals surface area (Å²) < 4.78 is 0. The second-order valence-corrected chi connectivity index (χ2v) is 6.78. The van der Waals surface area contributed by atoms with Gasteiger partial charge >= 0.3 is 5.97 Å². The van der Waals surface area contributed by atoms with Crippen molar-refractivity contribution >= 4 is 11.9 Å². The first kappa shape index (κ1) is 16.1. The maximum absolute atomic E-state index is 12.2. The van der Waals surface area contributed by atoms with E-state index in [-0.39, 0.29) is 16.7 Å². The number of hydrogen-bond acceptors (Lipinski definition) is 3. The fourth-order valence-corrected chi connectivity index (χ4v) is 2.50. The van der Waals surface area contributed by atoms with Crippen LogP contribution >= 0.6 is 0 Å². The zero-order chi connectivity index (χ0) is 15.6. The average Bonchev–Trinajstić information content (AvgIpc) is 2.24. The maximum Gasteiger partial charge on any atom is 0.338 e. The molecule has 0 aromatic carbocycles. The first-order valence-electron chi connectivity index (χ1n) is 6.53. The molecule has 2 N–H and O–H groups in total. The number of rotatable bonds is 4. The molecule has 0 aliphatic carbocycles. The molecule has 0 atom stereocenters. The highest BCUT2D eigenvalue weighted by molar-refractivity contribution is 6.03. The predicted molar refractivity (Wildman–Crippen MR) is 76.8 cm³/mol. The van der Waals surface area contributed by atoms with Crippen LogP contribution in [0.15, 0.2) is 18.3 Å². The van der Waals surface area contributed by atoms with Crippen molar-refractivity contribution < 1.29 is 14.7 Å². The third-order valence-corrected chi connectivity index (χ3v) is 2.68. The van der Waals surface area contributed by atoms with Crippen LogP contribution in [-0.2, 0) is 0 Å². The van der Waals surface area contributed by atoms with E-state index in [0.29, 0.717) is 0 Å². The predicted octanol–water partition coefficient (Wildman–Crippen LogP) is 2.72. The molecule has 110 valence electrons. The summed E-state index contributed by atoms with van der Waals surface area (Å²) in [5, 5.41) is 11.9. The average molecular weight is 278 g/mol. The van der Waals surface area contributed by atoms with Crippen molar-refractivity contribution in [3.63, 3.8) is 0 Å². The van der Waals surface area contributed by atoms with Gasteiger partial charge in [0.05, 0.1) is 5.56 Å². The summed E-state index contributed by atoms with van der Waals surface area (Å²) in [6.45, 7) is 10.1. The Hall–Kier alpha value is -1.91. The van der Waals surface area contributed by atoms with E-state index >= 15 is 0 Å². The van der Waals surface area contributed by atoms with Crippen LogP contribution in [0.5, 0.6) is 0 Å². The van der Waals surface area contributed by atoms with E-state index in [2.05, 4.69) is 31.1 Å². The Bertz CT molecular complexity index is 516. The zero-order valence-corrected chi connectivity index (χ0v) is 12.7. The van der Waals surface area contributed by atoms with Crippen LogP contribution in [0, 0.1) is 5.41 Å². The van der Waals surface area contributed by atoms with Crippen molar-refractivity contribution in [1.82, 2.24) is 10.3 Å². The van der Waals surface area contributed by atoms with Gasteiger partial charge in [0.1, 0.15) is 5.69 Å². The second kappa shape index (κ2) is 5.61. The lowest BCUT2D eigenvalue weighted by Crippen LogP contribution is -2.46. The maximum atomic E-state index is 12.2. The highest BCUT2D eigenvalue weighted by Crippen LogP contribution is 2.27. The molecule has 1 aromatic rings. The number of amides is 1. The minimum Gasteiger partial charge on any atom is -0.478 e. The van der Waals surface area contributed by atoms with E-state index in [1.54, 1.807) is 0 Å². The number of nitrogens with one attached hydrogen (secondary N) is 1. The lowest BCUT2D eigenvalue weighted by Gasteiger charge is -2.33. The van der Waals surface area contributed by atoms with Crippen molar-refractivity contribution in [3.8, 4) is 0 Å². The first-order chi connectivity index (χ1) is 9.02. The minimum absolute atomic E-state index is 0.0521. The molecule has 0 bridgehead atoms. The van der Waals surface area contributed by atoms with Gasteiger partial charge in [-0.15, -0.1) is 0 Å². The number of carbonyl (C=O) groups excluding carboxylic acids is 1. The molecule has 0 fully saturated rings. The van der Waals surface area contributed by atoms with Crippen LogP contribution < -0.4 is 5.32 Å². The molecule has 0 spiro atoms. The Kier molecular flexibility index (Phi) is 4.53. The fraction of sp³-hybridized carbons (Fsp3) is 0.533. The molecule has 0 aliphatic rings. The number of aromatic carboxylic acids is 1. The Morgan fingerprint density at radius 3 is 2.35 bits per heavy atom. The van der Waals surface area contributed by atoms with Gasteiger partial charge in [-0.2, -0.15) is 0 Å². The summed E-state index contributed by atoms with van der Waals surface area (Å²) in [5.74, 6) is -1.62. The van der Waals surface area contributed by atoms with Crippen LogP contribution in [-0.4, -0.2) is 27.5 Å². The van der Waals surface area contributed by atoms with E-state index in [4.69, 9.17) is 5.11 Å². The van der Waals surface area contributed by atoms with Gasteiger partial charge < -0.3 is 10.4 Å². The number of carboxylic acids is 1. The summed E-state index contributed by atoms with van der Waals surface area (Å²) >= 11 is 0. The Balaban J connectivity index is 2.95. The summed E-state index contributed by atoms with van der Waals surface area (Å²) in [5.41, 5.74) is -0.530.